The third-order valence-corrected chi connectivity index (χ3v) is 5.75. The Bertz CT molecular complexity index is 1290. The summed E-state index contributed by atoms with van der Waals surface area (Å²) in [4.78, 5) is 30.1. The largest absolute Gasteiger partial charge is 0.466 e. The summed E-state index contributed by atoms with van der Waals surface area (Å²) < 4.78 is 9.76. The van der Waals surface area contributed by atoms with Crippen LogP contribution in [0.25, 0.3) is 16.8 Å². The third-order valence-electron chi connectivity index (χ3n) is 5.23. The van der Waals surface area contributed by atoms with E-state index in [2.05, 4.69) is 15.9 Å². The van der Waals surface area contributed by atoms with Crippen LogP contribution in [0.4, 0.5) is 0 Å². The molecule has 0 atom stereocenters. The van der Waals surface area contributed by atoms with Gasteiger partial charge in [0.1, 0.15) is 0 Å². The summed E-state index contributed by atoms with van der Waals surface area (Å²) in [5.74, 6) is 0.299. The standard InChI is InChI=1S/C23H22BrN3O3/c1-3-30-21(28)13-12-18-15(2)26(14-16-8-10-17(24)11-9-16)23-25-19-6-4-5-7-20(19)27(23)22(18)29/h4-11H,3,12-14H2,1-2H3. The van der Waals surface area contributed by atoms with Crippen molar-refractivity contribution >= 4 is 38.7 Å². The lowest BCUT2D eigenvalue weighted by Crippen LogP contribution is -2.26. The Kier molecular flexibility index (Phi) is 5.72. The number of ether oxygens (including phenoxy) is 1. The summed E-state index contributed by atoms with van der Waals surface area (Å²) >= 11 is 3.47. The van der Waals surface area contributed by atoms with Crippen LogP contribution in [0.5, 0.6) is 0 Å². The molecule has 0 spiro atoms. The van der Waals surface area contributed by atoms with Crippen LogP contribution in [-0.4, -0.2) is 26.5 Å². The Morgan fingerprint density at radius 3 is 2.60 bits per heavy atom. The second-order valence-electron chi connectivity index (χ2n) is 7.12. The van der Waals surface area contributed by atoms with Gasteiger partial charge >= 0.3 is 5.97 Å². The Hall–Kier alpha value is -2.93. The van der Waals surface area contributed by atoms with Gasteiger partial charge in [-0.2, -0.15) is 0 Å². The van der Waals surface area contributed by atoms with Crippen LogP contribution in [-0.2, 0) is 22.5 Å². The molecule has 4 aromatic rings. The number of halogens is 1. The van der Waals surface area contributed by atoms with Gasteiger partial charge in [0.15, 0.2) is 0 Å². The first-order chi connectivity index (χ1) is 14.5. The van der Waals surface area contributed by atoms with E-state index in [-0.39, 0.29) is 17.9 Å². The molecule has 0 saturated heterocycles. The first-order valence-corrected chi connectivity index (χ1v) is 10.7. The molecule has 0 saturated carbocycles. The minimum absolute atomic E-state index is 0.132. The molecule has 6 nitrogen and oxygen atoms in total. The van der Waals surface area contributed by atoms with Gasteiger partial charge in [0.05, 0.1) is 24.2 Å². The topological polar surface area (TPSA) is 65.6 Å². The van der Waals surface area contributed by atoms with Gasteiger partial charge in [-0.05, 0) is 50.1 Å². The maximum atomic E-state index is 13.4. The highest BCUT2D eigenvalue weighted by atomic mass is 79.9. The summed E-state index contributed by atoms with van der Waals surface area (Å²) in [6.07, 6.45) is 0.493. The molecule has 7 heteroatoms. The third kappa shape index (κ3) is 3.77. The minimum atomic E-state index is -0.300. The molecule has 2 aromatic heterocycles. The van der Waals surface area contributed by atoms with E-state index in [1.54, 1.807) is 11.3 Å². The number of aromatic nitrogens is 3. The Morgan fingerprint density at radius 2 is 1.87 bits per heavy atom. The highest BCUT2D eigenvalue weighted by Gasteiger charge is 2.19. The normalized spacial score (nSPS) is 11.3. The molecule has 4 rings (SSSR count). The summed E-state index contributed by atoms with van der Waals surface area (Å²) in [7, 11) is 0. The minimum Gasteiger partial charge on any atom is -0.466 e. The maximum absolute atomic E-state index is 13.4. The van der Waals surface area contributed by atoms with Crippen molar-refractivity contribution in [3.05, 3.63) is 80.2 Å². The lowest BCUT2D eigenvalue weighted by atomic mass is 10.1. The molecule has 2 aromatic carbocycles. The van der Waals surface area contributed by atoms with Crippen molar-refractivity contribution in [3.8, 4) is 0 Å². The molecule has 2 heterocycles. The first kappa shape index (κ1) is 20.3. The van der Waals surface area contributed by atoms with Crippen molar-refractivity contribution in [1.82, 2.24) is 14.0 Å². The van der Waals surface area contributed by atoms with Gasteiger partial charge in [-0.1, -0.05) is 40.2 Å². The van der Waals surface area contributed by atoms with E-state index in [4.69, 9.17) is 9.72 Å². The lowest BCUT2D eigenvalue weighted by molar-refractivity contribution is -0.143. The summed E-state index contributed by atoms with van der Waals surface area (Å²) in [6, 6.07) is 15.7. The first-order valence-electron chi connectivity index (χ1n) is 9.89. The van der Waals surface area contributed by atoms with Crippen LogP contribution in [0.15, 0.2) is 57.8 Å². The van der Waals surface area contributed by atoms with Crippen LogP contribution in [0.3, 0.4) is 0 Å². The quantitative estimate of drug-likeness (QED) is 0.397. The molecule has 0 radical (unpaired) electrons. The fourth-order valence-electron chi connectivity index (χ4n) is 3.71. The fraction of sp³-hybridized carbons (Fsp3) is 0.261. The van der Waals surface area contributed by atoms with Crippen LogP contribution >= 0.6 is 15.9 Å². The molecule has 0 aliphatic carbocycles. The van der Waals surface area contributed by atoms with Crippen LogP contribution in [0, 0.1) is 6.92 Å². The molecule has 0 fully saturated rings. The zero-order valence-corrected chi connectivity index (χ0v) is 18.5. The van der Waals surface area contributed by atoms with E-state index in [0.29, 0.717) is 30.9 Å². The average Bonchev–Trinajstić information content (AvgIpc) is 3.12. The molecular formula is C23H22BrN3O3. The van der Waals surface area contributed by atoms with Gasteiger partial charge in [0.25, 0.3) is 5.56 Å². The van der Waals surface area contributed by atoms with Crippen molar-refractivity contribution < 1.29 is 9.53 Å². The number of carbonyl (C=O) groups is 1. The average molecular weight is 468 g/mol. The Balaban J connectivity index is 1.90. The number of carbonyl (C=O) groups excluding carboxylic acids is 1. The van der Waals surface area contributed by atoms with E-state index in [9.17, 15) is 9.59 Å². The molecule has 0 aliphatic rings. The summed E-state index contributed by atoms with van der Waals surface area (Å²) in [5.41, 5.74) is 3.91. The number of para-hydroxylation sites is 2. The van der Waals surface area contributed by atoms with E-state index in [0.717, 1.165) is 26.8 Å². The van der Waals surface area contributed by atoms with Gasteiger partial charge < -0.3 is 9.30 Å². The second-order valence-corrected chi connectivity index (χ2v) is 8.04. The summed E-state index contributed by atoms with van der Waals surface area (Å²) in [5, 5.41) is 0. The smallest absolute Gasteiger partial charge is 0.306 e. The molecule has 0 amide bonds. The molecule has 30 heavy (non-hydrogen) atoms. The fourth-order valence-corrected chi connectivity index (χ4v) is 3.97. The number of nitrogens with zero attached hydrogens (tertiary/aromatic N) is 3. The Morgan fingerprint density at radius 1 is 1.13 bits per heavy atom. The van der Waals surface area contributed by atoms with E-state index >= 15 is 0 Å². The predicted octanol–water partition coefficient (Wildman–Crippen LogP) is 4.26. The van der Waals surface area contributed by atoms with Gasteiger partial charge in [-0.3, -0.25) is 9.59 Å². The Labute approximate surface area is 182 Å². The molecule has 0 N–H and O–H groups in total. The maximum Gasteiger partial charge on any atom is 0.306 e. The molecule has 0 unspecified atom stereocenters. The monoisotopic (exact) mass is 467 g/mol. The van der Waals surface area contributed by atoms with Crippen molar-refractivity contribution in [2.24, 2.45) is 0 Å². The van der Waals surface area contributed by atoms with E-state index in [1.807, 2.05) is 60.0 Å². The number of esters is 1. The number of imidazole rings is 1. The highest BCUT2D eigenvalue weighted by Crippen LogP contribution is 2.20. The van der Waals surface area contributed by atoms with Crippen molar-refractivity contribution in [1.29, 1.82) is 0 Å². The van der Waals surface area contributed by atoms with Crippen LogP contribution in [0.2, 0.25) is 0 Å². The number of fused-ring (bicyclic) bond motifs is 3. The number of hydrogen-bond acceptors (Lipinski definition) is 4. The lowest BCUT2D eigenvalue weighted by Gasteiger charge is -2.16. The van der Waals surface area contributed by atoms with E-state index < -0.39 is 0 Å². The van der Waals surface area contributed by atoms with E-state index in [1.165, 1.54) is 0 Å². The zero-order valence-electron chi connectivity index (χ0n) is 16.9. The number of hydrogen-bond donors (Lipinski definition) is 0. The molecular weight excluding hydrogens is 446 g/mol. The van der Waals surface area contributed by atoms with Gasteiger partial charge in [0, 0.05) is 22.2 Å². The second kappa shape index (κ2) is 8.44. The van der Waals surface area contributed by atoms with Crippen LogP contribution < -0.4 is 5.56 Å². The zero-order chi connectivity index (χ0) is 21.3. The molecule has 0 aliphatic heterocycles. The SMILES string of the molecule is CCOC(=O)CCc1c(C)n(Cc2ccc(Br)cc2)c2nc3ccccc3n2c1=O. The molecule has 154 valence electrons. The number of benzene rings is 2. The van der Waals surface area contributed by atoms with Gasteiger partial charge in [0.2, 0.25) is 5.78 Å². The molecule has 0 bridgehead atoms. The summed E-state index contributed by atoms with van der Waals surface area (Å²) in [6.45, 7) is 4.59. The highest BCUT2D eigenvalue weighted by molar-refractivity contribution is 9.10. The van der Waals surface area contributed by atoms with Crippen LogP contribution in [0.1, 0.15) is 30.2 Å². The van der Waals surface area contributed by atoms with Crippen molar-refractivity contribution in [3.63, 3.8) is 0 Å². The van der Waals surface area contributed by atoms with Gasteiger partial charge in [-0.15, -0.1) is 0 Å². The van der Waals surface area contributed by atoms with Gasteiger partial charge in [-0.25, -0.2) is 9.38 Å². The number of rotatable bonds is 6. The predicted molar refractivity (Wildman–Crippen MR) is 120 cm³/mol. The van der Waals surface area contributed by atoms with Crippen molar-refractivity contribution in [2.45, 2.75) is 33.2 Å². The van der Waals surface area contributed by atoms with Crippen molar-refractivity contribution in [2.75, 3.05) is 6.61 Å².